The molecular weight excluding hydrogens is 528 g/mol. The van der Waals surface area contributed by atoms with Gasteiger partial charge in [-0.25, -0.2) is 0 Å². The van der Waals surface area contributed by atoms with Crippen molar-refractivity contribution < 1.29 is 0 Å². The summed E-state index contributed by atoms with van der Waals surface area (Å²) in [4.78, 5) is 0. The maximum absolute atomic E-state index is 2.50. The predicted molar refractivity (Wildman–Crippen MR) is 187 cm³/mol. The molecule has 0 heteroatoms. The summed E-state index contributed by atoms with van der Waals surface area (Å²) in [5.41, 5.74) is 21.5. The standard InChI is InChI=1S/C44H38/c1-27-21-37-33-19-17-31(29-13-9-7-10-14-29)23-39(33)43(3,4)41(37)25-35(27)36-26-42-38(22-28(36)2)34-20-18-32(24-40(34)44(42,5)6)30-15-11-8-12-16-30/h7-26H,1-6H3. The summed E-state index contributed by atoms with van der Waals surface area (Å²) in [5, 5.41) is 0. The summed E-state index contributed by atoms with van der Waals surface area (Å²) in [7, 11) is 0. The van der Waals surface area contributed by atoms with Crippen LogP contribution in [0.15, 0.2) is 121 Å². The molecule has 0 bridgehead atoms. The van der Waals surface area contributed by atoms with E-state index in [-0.39, 0.29) is 10.8 Å². The second-order valence-corrected chi connectivity index (χ2v) is 13.9. The van der Waals surface area contributed by atoms with Crippen LogP contribution >= 0.6 is 0 Å². The Balaban J connectivity index is 1.23. The molecule has 0 unspecified atom stereocenters. The predicted octanol–water partition coefficient (Wildman–Crippen LogP) is 11.9. The van der Waals surface area contributed by atoms with Crippen molar-refractivity contribution >= 4 is 0 Å². The molecule has 0 nitrogen and oxygen atoms in total. The highest BCUT2D eigenvalue weighted by atomic mass is 14.4. The molecule has 6 aromatic rings. The molecule has 6 aromatic carbocycles. The highest BCUT2D eigenvalue weighted by Gasteiger charge is 2.38. The summed E-state index contributed by atoms with van der Waals surface area (Å²) in [6, 6.07) is 45.5. The lowest BCUT2D eigenvalue weighted by Crippen LogP contribution is -2.16. The number of fused-ring (bicyclic) bond motifs is 6. The SMILES string of the molecule is Cc1cc2c(cc1-c1cc3c(cc1C)-c1ccc(-c4ccccc4)cc1C3(C)C)C(C)(C)c1cc(-c3ccccc3)ccc1-2. The molecule has 0 aliphatic heterocycles. The fourth-order valence-corrected chi connectivity index (χ4v) is 7.98. The Morgan fingerprint density at radius 3 is 1.07 bits per heavy atom. The van der Waals surface area contributed by atoms with Crippen molar-refractivity contribution in [1.29, 1.82) is 0 Å². The molecule has 0 aromatic heterocycles. The summed E-state index contributed by atoms with van der Waals surface area (Å²) < 4.78 is 0. The van der Waals surface area contributed by atoms with Crippen LogP contribution in [0.1, 0.15) is 61.1 Å². The molecule has 0 N–H and O–H groups in total. The van der Waals surface area contributed by atoms with Gasteiger partial charge in [0.25, 0.3) is 0 Å². The maximum atomic E-state index is 2.50. The smallest absolute Gasteiger partial charge is 0.0159 e. The van der Waals surface area contributed by atoms with Crippen molar-refractivity contribution in [1.82, 2.24) is 0 Å². The van der Waals surface area contributed by atoms with E-state index in [9.17, 15) is 0 Å². The minimum atomic E-state index is -0.0775. The topological polar surface area (TPSA) is 0 Å². The lowest BCUT2D eigenvalue weighted by molar-refractivity contribution is 0.659. The first-order chi connectivity index (χ1) is 21.1. The van der Waals surface area contributed by atoms with Gasteiger partial charge in [-0.2, -0.15) is 0 Å². The van der Waals surface area contributed by atoms with E-state index in [1.165, 1.54) is 89.0 Å². The fourth-order valence-electron chi connectivity index (χ4n) is 7.98. The Labute approximate surface area is 262 Å². The minimum Gasteiger partial charge on any atom is -0.0622 e. The van der Waals surface area contributed by atoms with E-state index in [2.05, 4.69) is 163 Å². The van der Waals surface area contributed by atoms with E-state index in [4.69, 9.17) is 0 Å². The third-order valence-electron chi connectivity index (χ3n) is 10.5. The molecule has 0 saturated heterocycles. The van der Waals surface area contributed by atoms with Crippen LogP contribution < -0.4 is 0 Å². The van der Waals surface area contributed by atoms with Crippen LogP contribution in [0.4, 0.5) is 0 Å². The second-order valence-electron chi connectivity index (χ2n) is 13.9. The Morgan fingerprint density at radius 1 is 0.318 bits per heavy atom. The van der Waals surface area contributed by atoms with Crippen LogP contribution in [0.5, 0.6) is 0 Å². The third kappa shape index (κ3) is 3.83. The molecule has 0 heterocycles. The van der Waals surface area contributed by atoms with Gasteiger partial charge in [0, 0.05) is 10.8 Å². The number of benzene rings is 6. The van der Waals surface area contributed by atoms with Gasteiger partial charge in [-0.1, -0.05) is 125 Å². The van der Waals surface area contributed by atoms with Crippen LogP contribution in [-0.2, 0) is 10.8 Å². The summed E-state index contributed by atoms with van der Waals surface area (Å²) in [6.07, 6.45) is 0. The zero-order valence-electron chi connectivity index (χ0n) is 26.5. The molecule has 0 amide bonds. The van der Waals surface area contributed by atoms with Gasteiger partial charge in [0.2, 0.25) is 0 Å². The number of hydrogen-bond donors (Lipinski definition) is 0. The lowest BCUT2D eigenvalue weighted by Gasteiger charge is -2.25. The fraction of sp³-hybridized carbons (Fsp3) is 0.182. The zero-order chi connectivity index (χ0) is 30.4. The first-order valence-corrected chi connectivity index (χ1v) is 15.9. The van der Waals surface area contributed by atoms with Gasteiger partial charge in [0.05, 0.1) is 0 Å². The van der Waals surface area contributed by atoms with E-state index in [0.29, 0.717) is 0 Å². The van der Waals surface area contributed by atoms with E-state index < -0.39 is 0 Å². The van der Waals surface area contributed by atoms with Crippen molar-refractivity contribution in [3.8, 4) is 55.6 Å². The highest BCUT2D eigenvalue weighted by molar-refractivity contribution is 5.90. The van der Waals surface area contributed by atoms with E-state index in [1.54, 1.807) is 0 Å². The average Bonchev–Trinajstić information content (AvgIpc) is 3.39. The second kappa shape index (κ2) is 9.41. The normalized spacial score (nSPS) is 15.0. The molecule has 214 valence electrons. The van der Waals surface area contributed by atoms with Gasteiger partial charge in [-0.15, -0.1) is 0 Å². The van der Waals surface area contributed by atoms with Gasteiger partial charge in [-0.3, -0.25) is 0 Å². The number of hydrogen-bond acceptors (Lipinski definition) is 0. The lowest BCUT2D eigenvalue weighted by atomic mass is 9.78. The third-order valence-corrected chi connectivity index (χ3v) is 10.5. The Bertz CT molecular complexity index is 1950. The monoisotopic (exact) mass is 566 g/mol. The molecule has 2 aliphatic rings. The van der Waals surface area contributed by atoms with Gasteiger partial charge in [0.1, 0.15) is 0 Å². The van der Waals surface area contributed by atoms with Crippen LogP contribution in [0.25, 0.3) is 55.6 Å². The zero-order valence-corrected chi connectivity index (χ0v) is 26.5. The molecule has 0 spiro atoms. The molecule has 0 fully saturated rings. The van der Waals surface area contributed by atoms with Crippen molar-refractivity contribution in [3.05, 3.63) is 155 Å². The van der Waals surface area contributed by atoms with Gasteiger partial charge < -0.3 is 0 Å². The molecular formula is C44H38. The molecule has 0 atom stereocenters. The van der Waals surface area contributed by atoms with Crippen LogP contribution in [-0.4, -0.2) is 0 Å². The first-order valence-electron chi connectivity index (χ1n) is 15.9. The Kier molecular flexibility index (Phi) is 5.75. The largest absolute Gasteiger partial charge is 0.0622 e. The quantitative estimate of drug-likeness (QED) is 0.200. The van der Waals surface area contributed by atoms with Crippen molar-refractivity contribution in [2.45, 2.75) is 52.4 Å². The summed E-state index contributed by atoms with van der Waals surface area (Å²) >= 11 is 0. The van der Waals surface area contributed by atoms with Gasteiger partial charge in [-0.05, 0) is 127 Å². The highest BCUT2D eigenvalue weighted by Crippen LogP contribution is 2.54. The van der Waals surface area contributed by atoms with Crippen LogP contribution in [0.3, 0.4) is 0 Å². The Hall–Kier alpha value is -4.68. The average molecular weight is 567 g/mol. The molecule has 0 saturated carbocycles. The van der Waals surface area contributed by atoms with Crippen molar-refractivity contribution in [2.24, 2.45) is 0 Å². The van der Waals surface area contributed by atoms with Gasteiger partial charge in [0.15, 0.2) is 0 Å². The van der Waals surface area contributed by atoms with E-state index in [0.717, 1.165) is 0 Å². The minimum absolute atomic E-state index is 0.0775. The van der Waals surface area contributed by atoms with Crippen LogP contribution in [0, 0.1) is 13.8 Å². The molecule has 44 heavy (non-hydrogen) atoms. The van der Waals surface area contributed by atoms with Gasteiger partial charge >= 0.3 is 0 Å². The molecule has 8 rings (SSSR count). The van der Waals surface area contributed by atoms with E-state index >= 15 is 0 Å². The molecule has 2 aliphatic carbocycles. The number of aryl methyl sites for hydroxylation is 2. The van der Waals surface area contributed by atoms with Crippen LogP contribution in [0.2, 0.25) is 0 Å². The van der Waals surface area contributed by atoms with Crippen molar-refractivity contribution in [3.63, 3.8) is 0 Å². The summed E-state index contributed by atoms with van der Waals surface area (Å²) in [6.45, 7) is 14.2. The first kappa shape index (κ1) is 26.9. The maximum Gasteiger partial charge on any atom is 0.0159 e. The molecule has 0 radical (unpaired) electrons. The van der Waals surface area contributed by atoms with E-state index in [1.807, 2.05) is 0 Å². The van der Waals surface area contributed by atoms with Crippen molar-refractivity contribution in [2.75, 3.05) is 0 Å². The summed E-state index contributed by atoms with van der Waals surface area (Å²) in [5.74, 6) is 0. The number of rotatable bonds is 3. The Morgan fingerprint density at radius 2 is 0.682 bits per heavy atom.